The quantitative estimate of drug-likeness (QED) is 0.502. The Balaban J connectivity index is 2.05. The number of hydrogen-bond donors (Lipinski definition) is 1. The van der Waals surface area contributed by atoms with Crippen LogP contribution in [0.5, 0.6) is 0 Å². The van der Waals surface area contributed by atoms with Crippen LogP contribution in [0.2, 0.25) is 0 Å². The fraction of sp³-hybridized carbons (Fsp3) is 0.800. The summed E-state index contributed by atoms with van der Waals surface area (Å²) in [5.41, 5.74) is 0. The predicted octanol–water partition coefficient (Wildman–Crippen LogP) is 1.25. The van der Waals surface area contributed by atoms with E-state index in [4.69, 9.17) is 0 Å². The third-order valence-corrected chi connectivity index (χ3v) is 2.50. The summed E-state index contributed by atoms with van der Waals surface area (Å²) < 4.78 is 0. The minimum absolute atomic E-state index is 0.751. The molecule has 1 saturated heterocycles. The van der Waals surface area contributed by atoms with Gasteiger partial charge in [-0.15, -0.1) is 6.58 Å². The first-order valence-corrected chi connectivity index (χ1v) is 4.85. The van der Waals surface area contributed by atoms with Crippen LogP contribution in [0.1, 0.15) is 19.3 Å². The molecule has 0 unspecified atom stereocenters. The zero-order valence-corrected chi connectivity index (χ0v) is 8.05. The first-order chi connectivity index (χ1) is 5.83. The van der Waals surface area contributed by atoms with E-state index in [0.29, 0.717) is 0 Å². The fourth-order valence-corrected chi connectivity index (χ4v) is 1.60. The van der Waals surface area contributed by atoms with Crippen LogP contribution in [0.3, 0.4) is 0 Å². The maximum atomic E-state index is 3.71. The van der Waals surface area contributed by atoms with E-state index < -0.39 is 0 Å². The summed E-state index contributed by atoms with van der Waals surface area (Å²) >= 11 is 0. The van der Waals surface area contributed by atoms with Gasteiger partial charge in [-0.3, -0.25) is 0 Å². The molecule has 0 aromatic rings. The molecule has 0 atom stereocenters. The van der Waals surface area contributed by atoms with Crippen LogP contribution < -0.4 is 5.32 Å². The zero-order valence-electron chi connectivity index (χ0n) is 8.05. The lowest BCUT2D eigenvalue weighted by atomic mass is 10.1. The molecule has 12 heavy (non-hydrogen) atoms. The highest BCUT2D eigenvalue weighted by Gasteiger charge is 2.14. The lowest BCUT2D eigenvalue weighted by Crippen LogP contribution is -2.41. The summed E-state index contributed by atoms with van der Waals surface area (Å²) in [4.78, 5) is 2.39. The van der Waals surface area contributed by atoms with Crippen LogP contribution in [0.15, 0.2) is 12.7 Å². The zero-order chi connectivity index (χ0) is 8.81. The van der Waals surface area contributed by atoms with Crippen molar-refractivity contribution >= 4 is 0 Å². The molecule has 0 radical (unpaired) electrons. The summed E-state index contributed by atoms with van der Waals surface area (Å²) in [6, 6.07) is 0.751. The molecule has 0 amide bonds. The summed E-state index contributed by atoms with van der Waals surface area (Å²) in [6.07, 6.45) is 5.66. The number of hydrogen-bond acceptors (Lipinski definition) is 2. The monoisotopic (exact) mass is 168 g/mol. The predicted molar refractivity (Wildman–Crippen MR) is 53.3 cm³/mol. The summed E-state index contributed by atoms with van der Waals surface area (Å²) in [6.45, 7) is 7.29. The van der Waals surface area contributed by atoms with Crippen molar-refractivity contribution in [3.8, 4) is 0 Å². The van der Waals surface area contributed by atoms with Crippen LogP contribution >= 0.6 is 0 Å². The molecule has 1 rings (SSSR count). The molecule has 1 aliphatic heterocycles. The standard InChI is InChI=1S/C10H20N2/c1-3-4-7-11-10-5-8-12(2)9-6-10/h3,10-11H,1,4-9H2,2H3. The molecule has 2 heteroatoms. The lowest BCUT2D eigenvalue weighted by Gasteiger charge is -2.29. The summed E-state index contributed by atoms with van der Waals surface area (Å²) in [5.74, 6) is 0. The average Bonchev–Trinajstić information content (AvgIpc) is 2.09. The van der Waals surface area contributed by atoms with Crippen molar-refractivity contribution in [2.24, 2.45) is 0 Å². The Labute approximate surface area is 75.6 Å². The largest absolute Gasteiger partial charge is 0.314 e. The van der Waals surface area contributed by atoms with E-state index in [1.807, 2.05) is 6.08 Å². The summed E-state index contributed by atoms with van der Waals surface area (Å²) in [7, 11) is 2.19. The van der Waals surface area contributed by atoms with E-state index in [1.54, 1.807) is 0 Å². The van der Waals surface area contributed by atoms with Crippen LogP contribution in [0.25, 0.3) is 0 Å². The molecule has 1 heterocycles. The van der Waals surface area contributed by atoms with E-state index >= 15 is 0 Å². The number of nitrogens with one attached hydrogen (secondary N) is 1. The Bertz CT molecular complexity index is 126. The van der Waals surface area contributed by atoms with Gasteiger partial charge in [0.1, 0.15) is 0 Å². The second-order valence-corrected chi connectivity index (χ2v) is 3.61. The van der Waals surface area contributed by atoms with E-state index in [0.717, 1.165) is 19.0 Å². The number of rotatable bonds is 4. The number of piperidine rings is 1. The first-order valence-electron chi connectivity index (χ1n) is 4.85. The fourth-order valence-electron chi connectivity index (χ4n) is 1.60. The molecule has 1 aliphatic rings. The van der Waals surface area contributed by atoms with Gasteiger partial charge in [0.25, 0.3) is 0 Å². The lowest BCUT2D eigenvalue weighted by molar-refractivity contribution is 0.235. The smallest absolute Gasteiger partial charge is 0.00915 e. The van der Waals surface area contributed by atoms with Gasteiger partial charge in [0.05, 0.1) is 0 Å². The molecule has 0 spiro atoms. The first kappa shape index (κ1) is 9.75. The van der Waals surface area contributed by atoms with Crippen molar-refractivity contribution in [2.75, 3.05) is 26.7 Å². The molecular formula is C10H20N2. The van der Waals surface area contributed by atoms with Gasteiger partial charge < -0.3 is 10.2 Å². The van der Waals surface area contributed by atoms with Gasteiger partial charge in [0.2, 0.25) is 0 Å². The molecule has 0 saturated carbocycles. The highest BCUT2D eigenvalue weighted by atomic mass is 15.1. The third-order valence-electron chi connectivity index (χ3n) is 2.50. The van der Waals surface area contributed by atoms with Gasteiger partial charge in [-0.1, -0.05) is 6.08 Å². The average molecular weight is 168 g/mol. The van der Waals surface area contributed by atoms with E-state index in [-0.39, 0.29) is 0 Å². The van der Waals surface area contributed by atoms with Crippen LogP contribution in [0.4, 0.5) is 0 Å². The van der Waals surface area contributed by atoms with E-state index in [9.17, 15) is 0 Å². The van der Waals surface area contributed by atoms with Gasteiger partial charge in [-0.2, -0.15) is 0 Å². The Morgan fingerprint density at radius 3 is 2.75 bits per heavy atom. The van der Waals surface area contributed by atoms with Gasteiger partial charge in [-0.25, -0.2) is 0 Å². The molecule has 2 nitrogen and oxygen atoms in total. The number of nitrogens with zero attached hydrogens (tertiary/aromatic N) is 1. The molecule has 1 N–H and O–H groups in total. The van der Waals surface area contributed by atoms with Crippen molar-refractivity contribution in [3.63, 3.8) is 0 Å². The van der Waals surface area contributed by atoms with Crippen molar-refractivity contribution < 1.29 is 0 Å². The summed E-state index contributed by atoms with van der Waals surface area (Å²) in [5, 5.41) is 3.55. The molecule has 0 bridgehead atoms. The molecule has 0 aromatic heterocycles. The Hall–Kier alpha value is -0.340. The Morgan fingerprint density at radius 1 is 1.50 bits per heavy atom. The van der Waals surface area contributed by atoms with Gasteiger partial charge in [-0.05, 0) is 45.9 Å². The van der Waals surface area contributed by atoms with Gasteiger partial charge in [0.15, 0.2) is 0 Å². The highest BCUT2D eigenvalue weighted by Crippen LogP contribution is 2.07. The molecule has 0 aromatic carbocycles. The van der Waals surface area contributed by atoms with Crippen molar-refractivity contribution in [2.45, 2.75) is 25.3 Å². The Kier molecular flexibility index (Phi) is 4.33. The maximum absolute atomic E-state index is 3.71. The van der Waals surface area contributed by atoms with Gasteiger partial charge >= 0.3 is 0 Å². The molecule has 1 fully saturated rings. The topological polar surface area (TPSA) is 15.3 Å². The SMILES string of the molecule is C=CCCNC1CCN(C)CC1. The minimum Gasteiger partial charge on any atom is -0.314 e. The van der Waals surface area contributed by atoms with Gasteiger partial charge in [0, 0.05) is 6.04 Å². The van der Waals surface area contributed by atoms with Crippen molar-refractivity contribution in [1.82, 2.24) is 10.2 Å². The number of likely N-dealkylation sites (tertiary alicyclic amines) is 1. The molecule has 70 valence electrons. The van der Waals surface area contributed by atoms with E-state index in [1.165, 1.54) is 25.9 Å². The Morgan fingerprint density at radius 2 is 2.17 bits per heavy atom. The molecular weight excluding hydrogens is 148 g/mol. The van der Waals surface area contributed by atoms with E-state index in [2.05, 4.69) is 23.8 Å². The minimum atomic E-state index is 0.751. The van der Waals surface area contributed by atoms with Crippen molar-refractivity contribution in [3.05, 3.63) is 12.7 Å². The maximum Gasteiger partial charge on any atom is 0.00915 e. The normalized spacial score (nSPS) is 21.1. The third kappa shape index (κ3) is 3.37. The van der Waals surface area contributed by atoms with Crippen LogP contribution in [-0.2, 0) is 0 Å². The second kappa shape index (κ2) is 5.33. The van der Waals surface area contributed by atoms with Crippen molar-refractivity contribution in [1.29, 1.82) is 0 Å². The highest BCUT2D eigenvalue weighted by molar-refractivity contribution is 4.77. The second-order valence-electron chi connectivity index (χ2n) is 3.61. The molecule has 0 aliphatic carbocycles. The van der Waals surface area contributed by atoms with Crippen LogP contribution in [0, 0.1) is 0 Å². The van der Waals surface area contributed by atoms with Crippen LogP contribution in [-0.4, -0.2) is 37.6 Å².